The number of hydrogen-bond acceptors (Lipinski definition) is 9. The molecule has 1 atom stereocenters. The van der Waals surface area contributed by atoms with Gasteiger partial charge in [-0.1, -0.05) is 47.5 Å². The normalized spacial score (nSPS) is 13.1. The Morgan fingerprint density at radius 2 is 1.52 bits per heavy atom. The molecule has 0 radical (unpaired) electrons. The topological polar surface area (TPSA) is 194 Å². The van der Waals surface area contributed by atoms with Crippen LogP contribution in [0.1, 0.15) is 40.4 Å². The van der Waals surface area contributed by atoms with Crippen molar-refractivity contribution in [2.75, 3.05) is 50.4 Å². The van der Waals surface area contributed by atoms with Crippen LogP contribution in [0.3, 0.4) is 0 Å². The van der Waals surface area contributed by atoms with Gasteiger partial charge in [-0.2, -0.15) is 0 Å². The zero-order valence-corrected chi connectivity index (χ0v) is 36.2. The fourth-order valence-electron chi connectivity index (χ4n) is 7.52. The van der Waals surface area contributed by atoms with E-state index >= 15 is 0 Å². The highest BCUT2D eigenvalue weighted by atomic mass is 35.5. The Morgan fingerprint density at radius 3 is 2.25 bits per heavy atom. The van der Waals surface area contributed by atoms with Crippen LogP contribution < -0.4 is 26.7 Å². The number of nitrogens with zero attached hydrogens (tertiary/aromatic N) is 2. The Balaban J connectivity index is 0.928. The van der Waals surface area contributed by atoms with E-state index in [1.165, 1.54) is 30.3 Å². The Kier molecular flexibility index (Phi) is 13.9. The van der Waals surface area contributed by atoms with E-state index in [1.807, 2.05) is 12.1 Å². The van der Waals surface area contributed by atoms with E-state index in [1.54, 1.807) is 66.5 Å². The van der Waals surface area contributed by atoms with E-state index in [9.17, 15) is 34.2 Å². The minimum atomic E-state index is -1.24. The Hall–Kier alpha value is -6.52. The number of aromatic hydroxyl groups is 1. The molecule has 0 spiro atoms. The standard InChI is InChI=1S/C46H42Cl2N6O8S/c1-53(43(59)19-26-4-15-36(47)37(48)18-26)38(25-54-16-2-3-17-54)27-5-7-28(8-6-27)51-42(58)24-49-41(57)23-50-46(63)52-29-9-12-32(35(20-29)45(60)61)44-33-13-10-30(55)21-39(33)62-40-22-31(56)11-14-34(40)44/h4-15,18,20-22,38,55H,2-3,16-17,19,23-25H2,1H3,(H,49,57)(H,51,58)(H,60,61)(H2,50,52,63)/t38-/m0/s1. The summed E-state index contributed by atoms with van der Waals surface area (Å²) in [6.45, 7) is 1.96. The van der Waals surface area contributed by atoms with E-state index in [2.05, 4.69) is 26.2 Å². The minimum Gasteiger partial charge on any atom is -0.508 e. The van der Waals surface area contributed by atoms with Gasteiger partial charge in [0, 0.05) is 53.6 Å². The van der Waals surface area contributed by atoms with Crippen LogP contribution in [-0.4, -0.2) is 88.6 Å². The molecule has 14 nitrogen and oxygen atoms in total. The predicted octanol–water partition coefficient (Wildman–Crippen LogP) is 7.15. The van der Waals surface area contributed by atoms with Crippen molar-refractivity contribution in [2.24, 2.45) is 0 Å². The zero-order valence-electron chi connectivity index (χ0n) is 33.9. The minimum absolute atomic E-state index is 0.0244. The van der Waals surface area contributed by atoms with Gasteiger partial charge in [0.2, 0.25) is 17.7 Å². The van der Waals surface area contributed by atoms with Crippen molar-refractivity contribution in [3.63, 3.8) is 0 Å². The van der Waals surface area contributed by atoms with Crippen LogP contribution in [0.4, 0.5) is 11.4 Å². The average Bonchev–Trinajstić information content (AvgIpc) is 3.78. The zero-order chi connectivity index (χ0) is 44.8. The Bertz CT molecular complexity index is 2760. The third-order valence-electron chi connectivity index (χ3n) is 10.7. The smallest absolute Gasteiger partial charge is 0.336 e. The molecule has 17 heteroatoms. The van der Waals surface area contributed by atoms with Crippen molar-refractivity contribution in [1.82, 2.24) is 20.4 Å². The number of nitrogens with one attached hydrogen (secondary N) is 4. The summed E-state index contributed by atoms with van der Waals surface area (Å²) < 4.78 is 5.89. The van der Waals surface area contributed by atoms with Gasteiger partial charge >= 0.3 is 5.97 Å². The number of aromatic carboxylic acids is 1. The van der Waals surface area contributed by atoms with Gasteiger partial charge in [0.05, 0.1) is 41.2 Å². The van der Waals surface area contributed by atoms with E-state index < -0.39 is 17.8 Å². The quantitative estimate of drug-likeness (QED) is 0.0478. The van der Waals surface area contributed by atoms with E-state index in [0.717, 1.165) is 37.1 Å². The molecule has 0 unspecified atom stereocenters. The monoisotopic (exact) mass is 908 g/mol. The van der Waals surface area contributed by atoms with Gasteiger partial charge in [-0.3, -0.25) is 19.2 Å². The molecule has 3 amide bonds. The molecule has 7 rings (SSSR count). The maximum absolute atomic E-state index is 13.5. The van der Waals surface area contributed by atoms with Crippen molar-refractivity contribution >= 4 is 86.6 Å². The first-order chi connectivity index (χ1) is 30.2. The largest absolute Gasteiger partial charge is 0.508 e. The number of anilines is 2. The summed E-state index contributed by atoms with van der Waals surface area (Å²) in [6.07, 6.45) is 2.36. The molecular weight excluding hydrogens is 868 g/mol. The summed E-state index contributed by atoms with van der Waals surface area (Å²) in [5.41, 5.74) is 3.68. The number of carboxylic acid groups (broad SMARTS) is 1. The number of fused-ring (bicyclic) bond motifs is 2. The molecule has 1 fully saturated rings. The van der Waals surface area contributed by atoms with Crippen molar-refractivity contribution < 1.29 is 33.8 Å². The van der Waals surface area contributed by atoms with Gasteiger partial charge in [-0.05, 0) is 116 Å². The number of halogens is 2. The second-order valence-electron chi connectivity index (χ2n) is 15.1. The first-order valence-corrected chi connectivity index (χ1v) is 21.1. The van der Waals surface area contributed by atoms with Crippen molar-refractivity contribution in [3.8, 4) is 28.2 Å². The van der Waals surface area contributed by atoms with Crippen molar-refractivity contribution in [1.29, 1.82) is 0 Å². The second kappa shape index (κ2) is 19.7. The molecule has 324 valence electrons. The Labute approximate surface area is 377 Å². The highest BCUT2D eigenvalue weighted by molar-refractivity contribution is 7.80. The molecule has 2 heterocycles. The van der Waals surface area contributed by atoms with Gasteiger partial charge < -0.3 is 45.7 Å². The molecule has 1 aliphatic carbocycles. The number of carbonyl (C=O) groups excluding carboxylic acids is 3. The number of carbonyl (C=O) groups is 4. The number of likely N-dealkylation sites (N-methyl/N-ethyl adjacent to an activating group) is 1. The fourth-order valence-corrected chi connectivity index (χ4v) is 8.03. The van der Waals surface area contributed by atoms with Gasteiger partial charge in [-0.25, -0.2) is 4.79 Å². The molecular formula is C46H42Cl2N6O8S. The van der Waals surface area contributed by atoms with Crippen LogP contribution in [0.15, 0.2) is 106 Å². The number of phenols is 1. The van der Waals surface area contributed by atoms with E-state index in [-0.39, 0.29) is 64.7 Å². The molecule has 4 aromatic carbocycles. The van der Waals surface area contributed by atoms with Gasteiger partial charge in [0.15, 0.2) is 10.5 Å². The summed E-state index contributed by atoms with van der Waals surface area (Å²) in [5.74, 6) is -2.14. The molecule has 2 aliphatic heterocycles. The maximum atomic E-state index is 13.5. The van der Waals surface area contributed by atoms with Gasteiger partial charge in [0.25, 0.3) is 0 Å². The number of hydrogen-bond donors (Lipinski definition) is 6. The first-order valence-electron chi connectivity index (χ1n) is 19.9. The predicted molar refractivity (Wildman–Crippen MR) is 247 cm³/mol. The van der Waals surface area contributed by atoms with Crippen LogP contribution in [0.5, 0.6) is 5.75 Å². The first kappa shape index (κ1) is 44.5. The molecule has 6 N–H and O–H groups in total. The molecule has 63 heavy (non-hydrogen) atoms. The summed E-state index contributed by atoms with van der Waals surface area (Å²) in [7, 11) is 1.79. The number of likely N-dealkylation sites (tertiary alicyclic amines) is 1. The Morgan fingerprint density at radius 1 is 0.810 bits per heavy atom. The molecule has 3 aliphatic rings. The number of amides is 3. The summed E-state index contributed by atoms with van der Waals surface area (Å²) in [6, 6.07) is 25.4. The lowest BCUT2D eigenvalue weighted by Crippen LogP contribution is -2.41. The molecule has 1 saturated heterocycles. The lowest BCUT2D eigenvalue weighted by Gasteiger charge is -2.32. The highest BCUT2D eigenvalue weighted by Crippen LogP contribution is 2.42. The van der Waals surface area contributed by atoms with Crippen LogP contribution in [0.25, 0.3) is 33.4 Å². The lowest BCUT2D eigenvalue weighted by molar-refractivity contribution is -0.131. The molecule has 4 aromatic rings. The van der Waals surface area contributed by atoms with Gasteiger partial charge in [-0.15, -0.1) is 0 Å². The number of thiocarbonyl (C=S) groups is 1. The van der Waals surface area contributed by atoms with Crippen LogP contribution in [0.2, 0.25) is 10.0 Å². The third-order valence-corrected chi connectivity index (χ3v) is 11.7. The van der Waals surface area contributed by atoms with Crippen LogP contribution in [-0.2, 0) is 20.8 Å². The molecule has 0 bridgehead atoms. The van der Waals surface area contributed by atoms with E-state index in [0.29, 0.717) is 50.0 Å². The second-order valence-corrected chi connectivity index (χ2v) is 16.3. The SMILES string of the molecule is CN(C(=O)Cc1ccc(Cl)c(Cl)c1)[C@@H](CN1CCCC1)c1ccc(NC(=O)CNC(=O)CNC(=S)Nc2ccc(-c3c4ccc(=O)cc-4oc4cc(O)ccc34)c(C(=O)O)c2)cc1. The maximum Gasteiger partial charge on any atom is 0.336 e. The molecule has 0 saturated carbocycles. The van der Waals surface area contributed by atoms with Crippen LogP contribution in [0, 0.1) is 0 Å². The summed E-state index contributed by atoms with van der Waals surface area (Å²) in [4.78, 5) is 67.8. The van der Waals surface area contributed by atoms with Crippen molar-refractivity contribution in [3.05, 3.63) is 134 Å². The summed E-state index contributed by atoms with van der Waals surface area (Å²) >= 11 is 17.6. The number of carboxylic acids is 1. The number of rotatable bonds is 14. The van der Waals surface area contributed by atoms with Crippen LogP contribution >= 0.6 is 35.4 Å². The third kappa shape index (κ3) is 10.9. The van der Waals surface area contributed by atoms with Gasteiger partial charge in [0.1, 0.15) is 17.1 Å². The highest BCUT2D eigenvalue weighted by Gasteiger charge is 2.27. The fraction of sp³-hybridized carbons (Fsp3) is 0.217. The number of benzene rings is 5. The summed E-state index contributed by atoms with van der Waals surface area (Å²) in [5, 5.41) is 32.7. The average molecular weight is 910 g/mol. The van der Waals surface area contributed by atoms with E-state index in [4.69, 9.17) is 39.8 Å². The number of phenolic OH excluding ortho intramolecular Hbond substituents is 1. The van der Waals surface area contributed by atoms with Crippen molar-refractivity contribution in [2.45, 2.75) is 25.3 Å². The molecule has 0 aromatic heterocycles. The lowest BCUT2D eigenvalue weighted by atomic mass is 9.90.